The molecule has 0 aliphatic carbocycles. The first-order chi connectivity index (χ1) is 10.1. The van der Waals surface area contributed by atoms with Gasteiger partial charge in [-0.3, -0.25) is 0 Å². The summed E-state index contributed by atoms with van der Waals surface area (Å²) >= 11 is 3.02. The Bertz CT molecular complexity index is 721. The van der Waals surface area contributed by atoms with Crippen LogP contribution in [0.15, 0.2) is 33.3 Å². The molecule has 1 atom stereocenters. The zero-order valence-electron chi connectivity index (χ0n) is 11.5. The Kier molecular flexibility index (Phi) is 3.89. The molecule has 2 N–H and O–H groups in total. The minimum Gasteiger partial charge on any atom is -0.384 e. The average molecular weight is 319 g/mol. The molecule has 21 heavy (non-hydrogen) atoms. The largest absolute Gasteiger partial charge is 0.384 e. The van der Waals surface area contributed by atoms with Crippen molar-refractivity contribution in [1.29, 1.82) is 0 Å². The summed E-state index contributed by atoms with van der Waals surface area (Å²) in [6.07, 6.45) is 0. The molecule has 108 valence electrons. The van der Waals surface area contributed by atoms with E-state index in [4.69, 9.17) is 10.3 Å². The highest BCUT2D eigenvalue weighted by Crippen LogP contribution is 2.33. The first-order valence-electron chi connectivity index (χ1n) is 6.27. The van der Waals surface area contributed by atoms with Gasteiger partial charge in [0.1, 0.15) is 5.82 Å². The lowest BCUT2D eigenvalue weighted by Gasteiger charge is -2.06. The molecule has 0 bridgehead atoms. The van der Waals surface area contributed by atoms with Crippen molar-refractivity contribution in [3.63, 3.8) is 0 Å². The van der Waals surface area contributed by atoms with Crippen molar-refractivity contribution in [1.82, 2.24) is 20.1 Å². The van der Waals surface area contributed by atoms with E-state index in [1.165, 1.54) is 11.8 Å². The maximum absolute atomic E-state index is 5.73. The number of rotatable bonds is 4. The van der Waals surface area contributed by atoms with Gasteiger partial charge in [-0.2, -0.15) is 4.98 Å². The number of thiophene rings is 1. The molecule has 0 saturated carbocycles. The summed E-state index contributed by atoms with van der Waals surface area (Å²) in [6, 6.07) is 5.65. The van der Waals surface area contributed by atoms with Gasteiger partial charge in [0.2, 0.25) is 11.7 Å². The summed E-state index contributed by atoms with van der Waals surface area (Å²) in [7, 11) is 0. The second-order valence-corrected chi connectivity index (χ2v) is 6.67. The van der Waals surface area contributed by atoms with Crippen LogP contribution < -0.4 is 5.73 Å². The number of thioether (sulfide) groups is 1. The predicted octanol–water partition coefficient (Wildman–Crippen LogP) is 3.33. The van der Waals surface area contributed by atoms with Crippen molar-refractivity contribution in [3.05, 3.63) is 35.2 Å². The van der Waals surface area contributed by atoms with E-state index in [1.54, 1.807) is 17.4 Å². The molecule has 1 unspecified atom stereocenters. The van der Waals surface area contributed by atoms with E-state index in [0.717, 1.165) is 10.6 Å². The van der Waals surface area contributed by atoms with Gasteiger partial charge in [0, 0.05) is 11.8 Å². The summed E-state index contributed by atoms with van der Waals surface area (Å²) in [6.45, 7) is 3.85. The van der Waals surface area contributed by atoms with E-state index in [9.17, 15) is 0 Å². The number of anilines is 1. The standard InChI is InChI=1S/C13H13N5OS2/c1-7-6-10(14)16-13(15-7)21-8(2)12-17-11(18-19-12)9-4-3-5-20-9/h3-6,8H,1-2H3,(H2,14,15,16). The molecule has 0 radical (unpaired) electrons. The third-order valence-corrected chi connectivity index (χ3v) is 4.48. The summed E-state index contributed by atoms with van der Waals surface area (Å²) in [5, 5.41) is 6.54. The fourth-order valence-electron chi connectivity index (χ4n) is 1.73. The van der Waals surface area contributed by atoms with Crippen molar-refractivity contribution in [2.45, 2.75) is 24.3 Å². The van der Waals surface area contributed by atoms with E-state index in [1.807, 2.05) is 31.4 Å². The normalized spacial score (nSPS) is 12.5. The van der Waals surface area contributed by atoms with Gasteiger partial charge >= 0.3 is 0 Å². The minimum atomic E-state index is -0.0487. The molecular formula is C13H13N5OS2. The molecule has 3 aromatic rings. The van der Waals surface area contributed by atoms with E-state index < -0.39 is 0 Å². The number of aryl methyl sites for hydroxylation is 1. The van der Waals surface area contributed by atoms with Crippen molar-refractivity contribution >= 4 is 28.9 Å². The first kappa shape index (κ1) is 14.0. The van der Waals surface area contributed by atoms with Gasteiger partial charge in [0.05, 0.1) is 10.1 Å². The van der Waals surface area contributed by atoms with Gasteiger partial charge in [-0.1, -0.05) is 23.0 Å². The number of nitrogen functional groups attached to an aromatic ring is 1. The number of hydrogen-bond acceptors (Lipinski definition) is 8. The number of hydrogen-bond donors (Lipinski definition) is 1. The van der Waals surface area contributed by atoms with Gasteiger partial charge in [-0.05, 0) is 25.3 Å². The molecule has 0 aliphatic rings. The van der Waals surface area contributed by atoms with Crippen LogP contribution in [0.1, 0.15) is 23.8 Å². The lowest BCUT2D eigenvalue weighted by atomic mass is 10.4. The molecular weight excluding hydrogens is 306 g/mol. The Morgan fingerprint density at radius 1 is 1.33 bits per heavy atom. The molecule has 0 aliphatic heterocycles. The van der Waals surface area contributed by atoms with Crippen LogP contribution in [-0.2, 0) is 0 Å². The lowest BCUT2D eigenvalue weighted by molar-refractivity contribution is 0.381. The topological polar surface area (TPSA) is 90.7 Å². The third-order valence-electron chi connectivity index (χ3n) is 2.67. The Morgan fingerprint density at radius 3 is 2.90 bits per heavy atom. The highest BCUT2D eigenvalue weighted by atomic mass is 32.2. The molecule has 6 nitrogen and oxygen atoms in total. The second kappa shape index (κ2) is 5.82. The van der Waals surface area contributed by atoms with Gasteiger partial charge in [-0.15, -0.1) is 11.3 Å². The van der Waals surface area contributed by atoms with Gasteiger partial charge in [0.25, 0.3) is 0 Å². The van der Waals surface area contributed by atoms with Crippen molar-refractivity contribution in [3.8, 4) is 10.7 Å². The summed E-state index contributed by atoms with van der Waals surface area (Å²) in [4.78, 5) is 13.9. The Labute approximate surface area is 129 Å². The maximum atomic E-state index is 5.73. The van der Waals surface area contributed by atoms with Crippen LogP contribution in [0.4, 0.5) is 5.82 Å². The van der Waals surface area contributed by atoms with E-state index in [-0.39, 0.29) is 5.25 Å². The fraction of sp³-hybridized carbons (Fsp3) is 0.231. The third kappa shape index (κ3) is 3.22. The summed E-state index contributed by atoms with van der Waals surface area (Å²) < 4.78 is 5.32. The molecule has 3 aromatic heterocycles. The highest BCUT2D eigenvalue weighted by Gasteiger charge is 2.18. The van der Waals surface area contributed by atoms with Crippen molar-refractivity contribution in [2.24, 2.45) is 0 Å². The highest BCUT2D eigenvalue weighted by molar-refractivity contribution is 7.99. The fourth-order valence-corrected chi connectivity index (χ4v) is 3.25. The van der Waals surface area contributed by atoms with E-state index >= 15 is 0 Å². The van der Waals surface area contributed by atoms with Crippen LogP contribution in [0.5, 0.6) is 0 Å². The molecule has 0 spiro atoms. The van der Waals surface area contributed by atoms with Gasteiger partial charge < -0.3 is 10.3 Å². The number of aromatic nitrogens is 4. The monoisotopic (exact) mass is 319 g/mol. The number of nitrogens with two attached hydrogens (primary N) is 1. The van der Waals surface area contributed by atoms with Crippen LogP contribution in [0.3, 0.4) is 0 Å². The Hall–Kier alpha value is -1.93. The molecule has 0 fully saturated rings. The summed E-state index contributed by atoms with van der Waals surface area (Å²) in [5.41, 5.74) is 6.56. The molecule has 3 heterocycles. The predicted molar refractivity (Wildman–Crippen MR) is 83.1 cm³/mol. The lowest BCUT2D eigenvalue weighted by Crippen LogP contribution is -1.98. The summed E-state index contributed by atoms with van der Waals surface area (Å²) in [5.74, 6) is 1.62. The Morgan fingerprint density at radius 2 is 2.19 bits per heavy atom. The SMILES string of the molecule is Cc1cc(N)nc(SC(C)c2nc(-c3cccs3)no2)n1. The molecule has 0 saturated heterocycles. The average Bonchev–Trinajstić information content (AvgIpc) is 3.09. The maximum Gasteiger partial charge on any atom is 0.240 e. The molecule has 3 rings (SSSR count). The van der Waals surface area contributed by atoms with Crippen LogP contribution in [-0.4, -0.2) is 20.1 Å². The molecule has 0 amide bonds. The van der Waals surface area contributed by atoms with Crippen LogP contribution in [0, 0.1) is 6.92 Å². The van der Waals surface area contributed by atoms with E-state index in [0.29, 0.717) is 22.7 Å². The smallest absolute Gasteiger partial charge is 0.240 e. The van der Waals surface area contributed by atoms with E-state index in [2.05, 4.69) is 20.1 Å². The number of nitrogens with zero attached hydrogens (tertiary/aromatic N) is 4. The molecule has 0 aromatic carbocycles. The van der Waals surface area contributed by atoms with Gasteiger partial charge in [0.15, 0.2) is 5.16 Å². The second-order valence-electron chi connectivity index (χ2n) is 4.41. The van der Waals surface area contributed by atoms with Crippen molar-refractivity contribution in [2.75, 3.05) is 5.73 Å². The molecule has 8 heteroatoms. The van der Waals surface area contributed by atoms with Gasteiger partial charge in [-0.25, -0.2) is 9.97 Å². The quantitative estimate of drug-likeness (QED) is 0.582. The van der Waals surface area contributed by atoms with Crippen LogP contribution >= 0.6 is 23.1 Å². The first-order valence-corrected chi connectivity index (χ1v) is 8.03. The zero-order chi connectivity index (χ0) is 14.8. The van der Waals surface area contributed by atoms with Crippen molar-refractivity contribution < 1.29 is 4.52 Å². The Balaban J connectivity index is 1.77. The minimum absolute atomic E-state index is 0.0487. The van der Waals surface area contributed by atoms with Crippen LogP contribution in [0.25, 0.3) is 10.7 Å². The zero-order valence-corrected chi connectivity index (χ0v) is 13.1. The van der Waals surface area contributed by atoms with Crippen LogP contribution in [0.2, 0.25) is 0 Å².